The normalized spacial score (nSPS) is 7.91. The topological polar surface area (TPSA) is 0 Å². The van der Waals surface area contributed by atoms with Gasteiger partial charge in [-0.25, -0.2) is 0 Å². The number of benzene rings is 1. The molecule has 0 N–H and O–H groups in total. The molecule has 0 heterocycles. The van der Waals surface area contributed by atoms with Crippen LogP contribution in [0.4, 0.5) is 4.39 Å². The van der Waals surface area contributed by atoms with Crippen molar-refractivity contribution in [2.75, 3.05) is 0 Å². The number of rotatable bonds is 0. The molecule has 0 amide bonds. The maximum Gasteiger partial charge on any atom is 2.00 e. The van der Waals surface area contributed by atoms with Crippen LogP contribution in [-0.4, -0.2) is 23.1 Å². The molecule has 0 saturated carbocycles. The van der Waals surface area contributed by atoms with Gasteiger partial charge in [0, 0.05) is 5.82 Å². The van der Waals surface area contributed by atoms with E-state index in [2.05, 4.69) is 6.07 Å². The monoisotopic (exact) mass is 226 g/mol. The van der Waals surface area contributed by atoms with Gasteiger partial charge in [0.05, 0.1) is 0 Å². The molecule has 0 aliphatic rings. The maximum absolute atomic E-state index is 12.5. The summed E-state index contributed by atoms with van der Waals surface area (Å²) in [7, 11) is 0. The fraction of sp³-hybridized carbons (Fsp3) is 0.250. The summed E-state index contributed by atoms with van der Waals surface area (Å²) in [6.45, 7) is 3.63. The molecule has 11 heavy (non-hydrogen) atoms. The van der Waals surface area contributed by atoms with E-state index in [0.29, 0.717) is 5.56 Å². The molecule has 0 aromatic heterocycles. The second-order valence-corrected chi connectivity index (χ2v) is 2.11. The molecule has 0 radical (unpaired) electrons. The van der Waals surface area contributed by atoms with E-state index in [1.807, 2.05) is 6.92 Å². The van der Waals surface area contributed by atoms with Crippen LogP contribution in [0, 0.1) is 25.7 Å². The fourth-order valence-electron chi connectivity index (χ4n) is 0.645. The van der Waals surface area contributed by atoms with E-state index in [1.54, 1.807) is 13.0 Å². The third-order valence-electron chi connectivity index (χ3n) is 1.46. The van der Waals surface area contributed by atoms with E-state index >= 15 is 0 Å². The first-order valence-electron chi connectivity index (χ1n) is 2.84. The van der Waals surface area contributed by atoms with Gasteiger partial charge >= 0.3 is 23.1 Å². The van der Waals surface area contributed by atoms with Gasteiger partial charge < -0.3 is 17.0 Å². The molecule has 56 valence electrons. The summed E-state index contributed by atoms with van der Waals surface area (Å²) in [6.07, 6.45) is 0. The first-order valence-corrected chi connectivity index (χ1v) is 2.84. The Labute approximate surface area is 93.1 Å². The largest absolute Gasteiger partial charge is 2.00 e. The van der Waals surface area contributed by atoms with Gasteiger partial charge in [-0.3, -0.25) is 4.39 Å². The summed E-state index contributed by atoms with van der Waals surface area (Å²) in [5, 5.41) is 0. The summed E-state index contributed by atoms with van der Waals surface area (Å²) in [5.41, 5.74) is 1.67. The first-order chi connectivity index (χ1) is 4.22. The molecule has 0 aliphatic heterocycles. The number of hydrogen-bond donors (Lipinski definition) is 0. The number of hydrogen-bond acceptors (Lipinski definition) is 0. The molecule has 0 saturated heterocycles. The minimum absolute atomic E-state index is 0. The second-order valence-electron chi connectivity index (χ2n) is 2.11. The third kappa shape index (κ3) is 3.54. The zero-order valence-corrected chi connectivity index (χ0v) is 9.62. The zero-order chi connectivity index (χ0) is 6.85. The van der Waals surface area contributed by atoms with Gasteiger partial charge in [-0.15, -0.1) is 11.6 Å². The van der Waals surface area contributed by atoms with Crippen LogP contribution in [0.3, 0.4) is 0 Å². The summed E-state index contributed by atoms with van der Waals surface area (Å²) in [5.74, 6) is -0.171. The molecule has 1 aromatic carbocycles. The molecule has 0 unspecified atom stereocenters. The van der Waals surface area contributed by atoms with Gasteiger partial charge in [0.2, 0.25) is 0 Å². The van der Waals surface area contributed by atoms with E-state index in [1.165, 1.54) is 6.07 Å². The van der Waals surface area contributed by atoms with Crippen molar-refractivity contribution in [2.45, 2.75) is 13.8 Å². The Kier molecular flexibility index (Phi) is 7.58. The van der Waals surface area contributed by atoms with Crippen molar-refractivity contribution in [1.29, 1.82) is 0 Å². The molecule has 0 nitrogen and oxygen atoms in total. The van der Waals surface area contributed by atoms with Gasteiger partial charge in [-0.05, 0) is 0 Å². The molecule has 3 heteroatoms. The summed E-state index contributed by atoms with van der Waals surface area (Å²) >= 11 is 0. The summed E-state index contributed by atoms with van der Waals surface area (Å²) in [4.78, 5) is 0. The third-order valence-corrected chi connectivity index (χ3v) is 1.46. The minimum Gasteiger partial charge on any atom is -1.00 e. The van der Waals surface area contributed by atoms with Crippen LogP contribution in [0.15, 0.2) is 12.1 Å². The van der Waals surface area contributed by atoms with Gasteiger partial charge in [-0.1, -0.05) is 13.8 Å². The number of aryl methyl sites for hydroxylation is 1. The van der Waals surface area contributed by atoms with Crippen LogP contribution in [0.2, 0.25) is 0 Å². The SMILES string of the molecule is Cc1c[c-]cc(F)c1C.[Br-].[Mg+2]. The van der Waals surface area contributed by atoms with Crippen LogP contribution in [0.1, 0.15) is 11.1 Å². The van der Waals surface area contributed by atoms with E-state index in [9.17, 15) is 4.39 Å². The molecule has 1 aromatic rings. The average Bonchev–Trinajstić information content (AvgIpc) is 1.83. The maximum atomic E-state index is 12.5. The Morgan fingerprint density at radius 1 is 1.27 bits per heavy atom. The average molecular weight is 227 g/mol. The summed E-state index contributed by atoms with van der Waals surface area (Å²) in [6, 6.07) is 5.82. The molecule has 0 aliphatic carbocycles. The Morgan fingerprint density at radius 3 is 2.18 bits per heavy atom. The van der Waals surface area contributed by atoms with E-state index < -0.39 is 0 Å². The first kappa shape index (κ1) is 14.0. The van der Waals surface area contributed by atoms with Crippen LogP contribution >= 0.6 is 0 Å². The van der Waals surface area contributed by atoms with E-state index in [4.69, 9.17) is 0 Å². The van der Waals surface area contributed by atoms with Gasteiger partial charge in [0.25, 0.3) is 0 Å². The van der Waals surface area contributed by atoms with Crippen LogP contribution in [0.5, 0.6) is 0 Å². The van der Waals surface area contributed by atoms with Crippen molar-refractivity contribution in [2.24, 2.45) is 0 Å². The number of halogens is 2. The van der Waals surface area contributed by atoms with Crippen molar-refractivity contribution in [3.05, 3.63) is 35.1 Å². The molecule has 0 fully saturated rings. The molecular formula is C8H8BrFMg. The van der Waals surface area contributed by atoms with Crippen molar-refractivity contribution >= 4 is 23.1 Å². The van der Waals surface area contributed by atoms with Crippen LogP contribution in [0.25, 0.3) is 0 Å². The summed E-state index contributed by atoms with van der Waals surface area (Å²) < 4.78 is 12.5. The Morgan fingerprint density at radius 2 is 1.82 bits per heavy atom. The predicted octanol–water partition coefficient (Wildman–Crippen LogP) is -1.13. The molecule has 1 rings (SSSR count). The zero-order valence-electron chi connectivity index (χ0n) is 6.62. The quantitative estimate of drug-likeness (QED) is 0.388. The van der Waals surface area contributed by atoms with Gasteiger partial charge in [0.1, 0.15) is 0 Å². The predicted molar refractivity (Wildman–Crippen MR) is 40.5 cm³/mol. The molecule has 0 bridgehead atoms. The Hall–Kier alpha value is 0.396. The molecule has 0 spiro atoms. The van der Waals surface area contributed by atoms with Crippen molar-refractivity contribution in [3.8, 4) is 0 Å². The fourth-order valence-corrected chi connectivity index (χ4v) is 0.645. The molecule has 0 atom stereocenters. The smallest absolute Gasteiger partial charge is 1.00 e. The molecular weight excluding hydrogens is 219 g/mol. The standard InChI is InChI=1S/C8H8F.BrH.Mg/c1-6-4-3-5-8(9)7(6)2;;/h4-5H,1-2H3;1H;/q-1;;+2/p-1. The van der Waals surface area contributed by atoms with Crippen molar-refractivity contribution < 1.29 is 21.4 Å². The Bertz CT molecular complexity index is 205. The van der Waals surface area contributed by atoms with Crippen molar-refractivity contribution in [1.82, 2.24) is 0 Å². The van der Waals surface area contributed by atoms with E-state index in [-0.39, 0.29) is 45.9 Å². The van der Waals surface area contributed by atoms with Crippen LogP contribution in [-0.2, 0) is 0 Å². The second kappa shape index (κ2) is 5.97. The van der Waals surface area contributed by atoms with E-state index in [0.717, 1.165) is 5.56 Å². The van der Waals surface area contributed by atoms with Crippen molar-refractivity contribution in [3.63, 3.8) is 0 Å². The minimum atomic E-state index is -0.171. The van der Waals surface area contributed by atoms with Crippen LogP contribution < -0.4 is 17.0 Å². The van der Waals surface area contributed by atoms with Gasteiger partial charge in [-0.2, -0.15) is 17.7 Å². The Balaban J connectivity index is 0. The van der Waals surface area contributed by atoms with Gasteiger partial charge in [0.15, 0.2) is 0 Å².